The van der Waals surface area contributed by atoms with Crippen molar-refractivity contribution in [1.82, 2.24) is 9.55 Å². The number of amides is 1. The fourth-order valence-electron chi connectivity index (χ4n) is 2.70. The van der Waals surface area contributed by atoms with Gasteiger partial charge in [0.1, 0.15) is 0 Å². The Morgan fingerprint density at radius 2 is 2.07 bits per heavy atom. The zero-order valence-electron chi connectivity index (χ0n) is 14.2. The van der Waals surface area contributed by atoms with Crippen molar-refractivity contribution < 1.29 is 13.2 Å². The van der Waals surface area contributed by atoms with Crippen LogP contribution < -0.4 is 9.94 Å². The van der Waals surface area contributed by atoms with Crippen LogP contribution in [0.15, 0.2) is 51.8 Å². The summed E-state index contributed by atoms with van der Waals surface area (Å²) in [5, 5.41) is 5.20. The molecular weight excluding hydrogens is 416 g/mol. The molecule has 10 heteroatoms. The number of terminal acetylenes is 1. The van der Waals surface area contributed by atoms with E-state index in [0.29, 0.717) is 20.6 Å². The summed E-state index contributed by atoms with van der Waals surface area (Å²) in [6.07, 6.45) is 5.46. The highest BCUT2D eigenvalue weighted by Gasteiger charge is 2.13. The van der Waals surface area contributed by atoms with Gasteiger partial charge in [-0.15, -0.1) is 17.8 Å². The molecule has 0 unspecified atom stereocenters. The Morgan fingerprint density at radius 3 is 2.82 bits per heavy atom. The lowest BCUT2D eigenvalue weighted by atomic mass is 10.2. The van der Waals surface area contributed by atoms with Crippen molar-refractivity contribution >= 4 is 59.0 Å². The molecule has 0 atom stereocenters. The average Bonchev–Trinajstić information content (AvgIpc) is 3.25. The zero-order valence-corrected chi connectivity index (χ0v) is 16.6. The molecule has 0 saturated heterocycles. The predicted molar refractivity (Wildman–Crippen MR) is 110 cm³/mol. The van der Waals surface area contributed by atoms with E-state index in [4.69, 9.17) is 11.6 Å². The van der Waals surface area contributed by atoms with E-state index < -0.39 is 15.9 Å². The number of sulfonamides is 1. The lowest BCUT2D eigenvalue weighted by Gasteiger charge is -2.01. The highest BCUT2D eigenvalue weighted by molar-refractivity contribution is 7.89. The van der Waals surface area contributed by atoms with Crippen molar-refractivity contribution in [1.29, 1.82) is 0 Å². The van der Waals surface area contributed by atoms with Gasteiger partial charge in [0.2, 0.25) is 10.0 Å². The average molecular weight is 429 g/mol. The van der Waals surface area contributed by atoms with Crippen LogP contribution in [-0.4, -0.2) is 23.9 Å². The Kier molecular flexibility index (Phi) is 4.60. The number of benzene rings is 2. The van der Waals surface area contributed by atoms with Crippen LogP contribution in [0, 0.1) is 12.3 Å². The van der Waals surface area contributed by atoms with Gasteiger partial charge in [-0.2, -0.15) is 4.99 Å². The van der Waals surface area contributed by atoms with E-state index in [9.17, 15) is 13.2 Å². The minimum atomic E-state index is -3.84. The largest absolute Gasteiger partial charge is 0.305 e. The van der Waals surface area contributed by atoms with Crippen LogP contribution >= 0.6 is 22.7 Å². The summed E-state index contributed by atoms with van der Waals surface area (Å²) >= 11 is 2.61. The van der Waals surface area contributed by atoms with E-state index in [1.54, 1.807) is 34.3 Å². The van der Waals surface area contributed by atoms with Crippen LogP contribution in [0.4, 0.5) is 0 Å². The molecule has 0 saturated carbocycles. The molecule has 0 aliphatic rings. The Morgan fingerprint density at radius 1 is 1.25 bits per heavy atom. The van der Waals surface area contributed by atoms with Crippen LogP contribution in [0.1, 0.15) is 10.4 Å². The van der Waals surface area contributed by atoms with Gasteiger partial charge in [0.05, 0.1) is 37.4 Å². The molecule has 2 aromatic carbocycles. The Hall–Kier alpha value is -2.84. The highest BCUT2D eigenvalue weighted by atomic mass is 32.2. The summed E-state index contributed by atoms with van der Waals surface area (Å²) in [5.41, 5.74) is 3.65. The number of fused-ring (bicyclic) bond motifs is 2. The molecule has 0 spiro atoms. The number of rotatable bonds is 3. The molecule has 4 rings (SSSR count). The first kappa shape index (κ1) is 18.5. The van der Waals surface area contributed by atoms with Gasteiger partial charge in [0, 0.05) is 5.56 Å². The summed E-state index contributed by atoms with van der Waals surface area (Å²) in [6, 6.07) is 9.65. The second-order valence-corrected chi connectivity index (χ2v) is 9.26. The maximum Gasteiger partial charge on any atom is 0.279 e. The molecule has 0 radical (unpaired) electrons. The first-order valence-electron chi connectivity index (χ1n) is 7.89. The Bertz CT molecular complexity index is 1450. The number of hydrogen-bond acceptors (Lipinski definition) is 6. The minimum absolute atomic E-state index is 0.0115. The number of carbonyl (C=O) groups is 1. The number of primary sulfonamides is 1. The molecule has 2 heterocycles. The highest BCUT2D eigenvalue weighted by Crippen LogP contribution is 2.22. The van der Waals surface area contributed by atoms with E-state index >= 15 is 0 Å². The summed E-state index contributed by atoms with van der Waals surface area (Å²) < 4.78 is 26.4. The summed E-state index contributed by atoms with van der Waals surface area (Å²) in [7, 11) is -3.84. The van der Waals surface area contributed by atoms with Gasteiger partial charge in [-0.05, 0) is 36.4 Å². The van der Waals surface area contributed by atoms with Crippen molar-refractivity contribution in [2.24, 2.45) is 10.1 Å². The summed E-state index contributed by atoms with van der Waals surface area (Å²) in [6.45, 7) is 0.189. The molecule has 140 valence electrons. The van der Waals surface area contributed by atoms with Crippen LogP contribution in [0.5, 0.6) is 0 Å². The normalized spacial score (nSPS) is 12.5. The van der Waals surface area contributed by atoms with E-state index in [1.807, 2.05) is 0 Å². The van der Waals surface area contributed by atoms with Crippen molar-refractivity contribution in [3.8, 4) is 12.3 Å². The molecule has 0 aliphatic heterocycles. The van der Waals surface area contributed by atoms with E-state index in [0.717, 1.165) is 10.2 Å². The van der Waals surface area contributed by atoms with Crippen molar-refractivity contribution in [2.45, 2.75) is 11.4 Å². The van der Waals surface area contributed by atoms with Crippen molar-refractivity contribution in [3.05, 3.63) is 52.3 Å². The van der Waals surface area contributed by atoms with Crippen LogP contribution in [-0.2, 0) is 16.6 Å². The second kappa shape index (κ2) is 6.96. The number of nitrogens with zero attached hydrogens (tertiary/aromatic N) is 3. The Balaban J connectivity index is 1.87. The van der Waals surface area contributed by atoms with Gasteiger partial charge in [0.15, 0.2) is 4.80 Å². The monoisotopic (exact) mass is 428 g/mol. The summed E-state index contributed by atoms with van der Waals surface area (Å²) in [4.78, 5) is 21.5. The first-order valence-corrected chi connectivity index (χ1v) is 11.1. The van der Waals surface area contributed by atoms with Crippen LogP contribution in [0.2, 0.25) is 0 Å². The summed E-state index contributed by atoms with van der Waals surface area (Å²) in [5.74, 6) is 2.11. The third kappa shape index (κ3) is 3.36. The number of carbonyl (C=O) groups excluding carboxylic acids is 1. The predicted octanol–water partition coefficient (Wildman–Crippen LogP) is 2.33. The quantitative estimate of drug-likeness (QED) is 0.505. The van der Waals surface area contributed by atoms with Gasteiger partial charge in [-0.1, -0.05) is 17.3 Å². The number of nitrogens with two attached hydrogens (primary N) is 1. The molecule has 2 aromatic heterocycles. The topological polar surface area (TPSA) is 107 Å². The maximum atomic E-state index is 12.7. The first-order chi connectivity index (χ1) is 13.4. The molecule has 28 heavy (non-hydrogen) atoms. The number of hydrogen-bond donors (Lipinski definition) is 1. The fourth-order valence-corrected chi connectivity index (χ4v) is 5.10. The SMILES string of the molecule is C#CCn1c(=NC(=O)c2ccc3ncsc3c2)sc2cc(S(N)(=O)=O)ccc21. The van der Waals surface area contributed by atoms with E-state index in [1.165, 1.54) is 34.8 Å². The van der Waals surface area contributed by atoms with Crippen LogP contribution in [0.3, 0.4) is 0 Å². The zero-order chi connectivity index (χ0) is 19.9. The number of aromatic nitrogens is 2. The lowest BCUT2D eigenvalue weighted by Crippen LogP contribution is -2.16. The lowest BCUT2D eigenvalue weighted by molar-refractivity contribution is 0.0998. The maximum absolute atomic E-state index is 12.7. The van der Waals surface area contributed by atoms with Crippen molar-refractivity contribution in [3.63, 3.8) is 0 Å². The molecule has 1 amide bonds. The van der Waals surface area contributed by atoms with Gasteiger partial charge < -0.3 is 4.57 Å². The van der Waals surface area contributed by atoms with Crippen LogP contribution in [0.25, 0.3) is 20.4 Å². The molecule has 4 aromatic rings. The number of thiazole rings is 2. The third-order valence-electron chi connectivity index (χ3n) is 4.01. The van der Waals surface area contributed by atoms with Gasteiger partial charge >= 0.3 is 0 Å². The molecule has 0 bridgehead atoms. The minimum Gasteiger partial charge on any atom is -0.305 e. The molecule has 2 N–H and O–H groups in total. The Labute approximate surface area is 167 Å². The molecule has 0 aliphatic carbocycles. The standard InChI is InChI=1S/C18H12N4O3S3/c1-2-7-22-14-6-4-12(28(19,24)25)9-16(14)27-18(22)21-17(23)11-3-5-13-15(8-11)26-10-20-13/h1,3-6,8-10H,7H2,(H2,19,24,25). The van der Waals surface area contributed by atoms with Gasteiger partial charge in [-0.3, -0.25) is 4.79 Å². The van der Waals surface area contributed by atoms with Gasteiger partial charge in [-0.25, -0.2) is 18.5 Å². The second-order valence-electron chi connectivity index (χ2n) is 5.80. The smallest absolute Gasteiger partial charge is 0.279 e. The van der Waals surface area contributed by atoms with Crippen molar-refractivity contribution in [2.75, 3.05) is 0 Å². The van der Waals surface area contributed by atoms with E-state index in [-0.39, 0.29) is 11.4 Å². The molecule has 0 fully saturated rings. The molecule has 7 nitrogen and oxygen atoms in total. The fraction of sp³-hybridized carbons (Fsp3) is 0.0556. The molecular formula is C18H12N4O3S3. The third-order valence-corrected chi connectivity index (χ3v) is 6.75. The van der Waals surface area contributed by atoms with E-state index in [2.05, 4.69) is 15.9 Å². The van der Waals surface area contributed by atoms with Gasteiger partial charge in [0.25, 0.3) is 5.91 Å².